The summed E-state index contributed by atoms with van der Waals surface area (Å²) in [5, 5.41) is 13.7. The molecule has 10 heteroatoms. The van der Waals surface area contributed by atoms with Gasteiger partial charge in [-0.3, -0.25) is 14.9 Å². The number of aliphatic carboxylic acids is 1. The Morgan fingerprint density at radius 1 is 1.32 bits per heavy atom. The Bertz CT molecular complexity index is 612. The summed E-state index contributed by atoms with van der Waals surface area (Å²) >= 11 is 5.57. The topological polar surface area (TPSA) is 78.4 Å². The minimum absolute atomic E-state index is 0. The summed E-state index contributed by atoms with van der Waals surface area (Å²) in [7, 11) is 0. The van der Waals surface area contributed by atoms with E-state index in [-0.39, 0.29) is 17.4 Å². The highest BCUT2D eigenvalue weighted by Crippen LogP contribution is 2.36. The molecule has 0 aliphatic heterocycles. The first-order valence-corrected chi connectivity index (χ1v) is 7.60. The fourth-order valence-corrected chi connectivity index (χ4v) is 2.22. The second-order valence-electron chi connectivity index (χ2n) is 5.24. The largest absolute Gasteiger partial charge is 0.480 e. The lowest BCUT2D eigenvalue weighted by Gasteiger charge is -2.20. The molecule has 3 N–H and O–H groups in total. The lowest BCUT2D eigenvalue weighted by atomic mass is 10.1. The fraction of sp³-hybridized carbons (Fsp3) is 0.467. The summed E-state index contributed by atoms with van der Waals surface area (Å²) in [6, 6.07) is 1.04. The van der Waals surface area contributed by atoms with Crippen molar-refractivity contribution in [3.05, 3.63) is 28.8 Å². The third-order valence-corrected chi connectivity index (χ3v) is 3.50. The van der Waals surface area contributed by atoms with Gasteiger partial charge in [0, 0.05) is 5.02 Å². The Labute approximate surface area is 154 Å². The Morgan fingerprint density at radius 2 is 1.92 bits per heavy atom. The summed E-state index contributed by atoms with van der Waals surface area (Å²) in [5.41, 5.74) is -1.51. The maximum absolute atomic E-state index is 13.0. The van der Waals surface area contributed by atoms with Gasteiger partial charge in [-0.25, -0.2) is 0 Å². The number of hydrogen-bond acceptors (Lipinski definition) is 3. The van der Waals surface area contributed by atoms with Crippen molar-refractivity contribution in [2.24, 2.45) is 0 Å². The molecule has 2 unspecified atom stereocenters. The predicted molar refractivity (Wildman–Crippen MR) is 91.3 cm³/mol. The van der Waals surface area contributed by atoms with Crippen molar-refractivity contribution in [3.8, 4) is 0 Å². The Morgan fingerprint density at radius 3 is 2.40 bits per heavy atom. The number of nitrogens with one attached hydrogen (secondary N) is 2. The molecule has 0 radical (unpaired) electrons. The first-order chi connectivity index (χ1) is 11.1. The number of carbonyl (C=O) groups is 2. The zero-order chi connectivity index (χ0) is 18.5. The highest BCUT2D eigenvalue weighted by molar-refractivity contribution is 6.30. The molecule has 1 amide bonds. The first kappa shape index (κ1) is 23.5. The minimum atomic E-state index is -4.68. The molecule has 5 nitrogen and oxygen atoms in total. The molecule has 1 aromatic rings. The van der Waals surface area contributed by atoms with E-state index in [0.29, 0.717) is 18.9 Å². The maximum atomic E-state index is 13.0. The zero-order valence-electron chi connectivity index (χ0n) is 13.5. The summed E-state index contributed by atoms with van der Waals surface area (Å²) in [4.78, 5) is 23.1. The van der Waals surface area contributed by atoms with Crippen LogP contribution < -0.4 is 10.6 Å². The molecule has 0 bridgehead atoms. The quantitative estimate of drug-likeness (QED) is 0.644. The number of carboxylic acid groups (broad SMARTS) is 1. The second-order valence-corrected chi connectivity index (χ2v) is 5.68. The monoisotopic (exact) mass is 402 g/mol. The molecule has 0 heterocycles. The van der Waals surface area contributed by atoms with Crippen LogP contribution in [0.3, 0.4) is 0 Å². The molecular weight excluding hydrogens is 384 g/mol. The van der Waals surface area contributed by atoms with Gasteiger partial charge in [-0.1, -0.05) is 24.9 Å². The number of halogens is 5. The van der Waals surface area contributed by atoms with Crippen LogP contribution in [-0.2, 0) is 15.8 Å². The molecule has 0 aromatic heterocycles. The number of benzene rings is 1. The van der Waals surface area contributed by atoms with E-state index in [1.54, 1.807) is 6.92 Å². The van der Waals surface area contributed by atoms with Gasteiger partial charge in [-0.05, 0) is 31.5 Å². The summed E-state index contributed by atoms with van der Waals surface area (Å²) in [5.74, 6) is -1.90. The van der Waals surface area contributed by atoms with Crippen LogP contribution in [0.1, 0.15) is 32.3 Å². The van der Waals surface area contributed by atoms with Crippen molar-refractivity contribution in [2.45, 2.75) is 44.9 Å². The smallest absolute Gasteiger partial charge is 0.418 e. The Kier molecular flexibility index (Phi) is 9.24. The lowest BCUT2D eigenvalue weighted by Crippen LogP contribution is -2.47. The average molecular weight is 403 g/mol. The number of rotatable bonds is 7. The maximum Gasteiger partial charge on any atom is 0.418 e. The van der Waals surface area contributed by atoms with Crippen molar-refractivity contribution in [1.82, 2.24) is 5.32 Å². The van der Waals surface area contributed by atoms with Gasteiger partial charge in [0.25, 0.3) is 0 Å². The molecule has 0 spiro atoms. The molecule has 0 saturated carbocycles. The summed E-state index contributed by atoms with van der Waals surface area (Å²) < 4.78 is 39.0. The normalized spacial score (nSPS) is 13.5. The number of anilines is 1. The molecule has 0 aliphatic rings. The standard InChI is InChI=1S/C15H18ClF3N2O3.ClH/c1-3-4-12(14(23)24)20-8(2)13(22)21-11-6-5-9(16)7-10(11)15(17,18)19;/h5-8,12,20H,3-4H2,1-2H3,(H,21,22)(H,23,24);1H. The Hall–Kier alpha value is -1.51. The van der Waals surface area contributed by atoms with Crippen LogP contribution in [0.4, 0.5) is 18.9 Å². The van der Waals surface area contributed by atoms with Crippen molar-refractivity contribution in [2.75, 3.05) is 5.32 Å². The summed E-state index contributed by atoms with van der Waals surface area (Å²) in [6.45, 7) is 3.16. The van der Waals surface area contributed by atoms with Crippen molar-refractivity contribution >= 4 is 41.6 Å². The molecular formula is C15H19Cl2F3N2O3. The number of carbonyl (C=O) groups excluding carboxylic acids is 1. The van der Waals surface area contributed by atoms with E-state index in [0.717, 1.165) is 6.07 Å². The third kappa shape index (κ3) is 7.09. The van der Waals surface area contributed by atoms with Crippen molar-refractivity contribution < 1.29 is 27.9 Å². The average Bonchev–Trinajstić information content (AvgIpc) is 2.47. The molecule has 1 aromatic carbocycles. The van der Waals surface area contributed by atoms with Gasteiger partial charge in [0.05, 0.1) is 17.3 Å². The first-order valence-electron chi connectivity index (χ1n) is 7.22. The SMILES string of the molecule is CCCC(NC(C)C(=O)Nc1ccc(Cl)cc1C(F)(F)F)C(=O)O.Cl. The van der Waals surface area contributed by atoms with E-state index in [4.69, 9.17) is 16.7 Å². The van der Waals surface area contributed by atoms with Gasteiger partial charge >= 0.3 is 12.1 Å². The predicted octanol–water partition coefficient (Wildman–Crippen LogP) is 3.95. The van der Waals surface area contributed by atoms with Crippen LogP contribution in [0.15, 0.2) is 18.2 Å². The van der Waals surface area contributed by atoms with Crippen LogP contribution in [0.25, 0.3) is 0 Å². The molecule has 25 heavy (non-hydrogen) atoms. The number of carboxylic acids is 1. The van der Waals surface area contributed by atoms with E-state index >= 15 is 0 Å². The van der Waals surface area contributed by atoms with Gasteiger partial charge < -0.3 is 10.4 Å². The number of amides is 1. The lowest BCUT2D eigenvalue weighted by molar-refractivity contribution is -0.140. The van der Waals surface area contributed by atoms with E-state index in [2.05, 4.69) is 10.6 Å². The highest BCUT2D eigenvalue weighted by atomic mass is 35.5. The van der Waals surface area contributed by atoms with E-state index in [1.807, 2.05) is 0 Å². The highest BCUT2D eigenvalue weighted by Gasteiger charge is 2.34. The molecule has 0 aliphatic carbocycles. The van der Waals surface area contributed by atoms with Crippen LogP contribution in [0, 0.1) is 0 Å². The number of alkyl halides is 3. The van der Waals surface area contributed by atoms with Crippen LogP contribution in [0.5, 0.6) is 0 Å². The Balaban J connectivity index is 0.00000576. The minimum Gasteiger partial charge on any atom is -0.480 e. The summed E-state index contributed by atoms with van der Waals surface area (Å²) in [6.07, 6.45) is -3.81. The second kappa shape index (κ2) is 9.84. The van der Waals surface area contributed by atoms with Gasteiger partial charge in [-0.2, -0.15) is 13.2 Å². The number of hydrogen-bond donors (Lipinski definition) is 3. The van der Waals surface area contributed by atoms with Crippen LogP contribution >= 0.6 is 24.0 Å². The van der Waals surface area contributed by atoms with E-state index in [1.165, 1.54) is 13.0 Å². The molecule has 1 rings (SSSR count). The molecule has 0 fully saturated rings. The molecule has 0 saturated heterocycles. The zero-order valence-corrected chi connectivity index (χ0v) is 15.1. The van der Waals surface area contributed by atoms with E-state index < -0.39 is 41.4 Å². The molecule has 142 valence electrons. The van der Waals surface area contributed by atoms with Crippen molar-refractivity contribution in [3.63, 3.8) is 0 Å². The van der Waals surface area contributed by atoms with Crippen molar-refractivity contribution in [1.29, 1.82) is 0 Å². The fourth-order valence-electron chi connectivity index (χ4n) is 2.05. The van der Waals surface area contributed by atoms with Gasteiger partial charge in [0.2, 0.25) is 5.91 Å². The van der Waals surface area contributed by atoms with Crippen LogP contribution in [0.2, 0.25) is 5.02 Å². The van der Waals surface area contributed by atoms with Gasteiger partial charge in [0.15, 0.2) is 0 Å². The van der Waals surface area contributed by atoms with Gasteiger partial charge in [0.1, 0.15) is 6.04 Å². The third-order valence-electron chi connectivity index (χ3n) is 3.26. The van der Waals surface area contributed by atoms with Gasteiger partial charge in [-0.15, -0.1) is 12.4 Å². The van der Waals surface area contributed by atoms with E-state index in [9.17, 15) is 22.8 Å². The van der Waals surface area contributed by atoms with Crippen LogP contribution in [-0.4, -0.2) is 29.1 Å². The molecule has 2 atom stereocenters.